The van der Waals surface area contributed by atoms with Gasteiger partial charge < -0.3 is 14.9 Å². The summed E-state index contributed by atoms with van der Waals surface area (Å²) in [6.07, 6.45) is 1.15. The minimum atomic E-state index is -0.312. The first-order valence-corrected chi connectivity index (χ1v) is 7.84. The van der Waals surface area contributed by atoms with Crippen LogP contribution in [-0.2, 0) is 9.53 Å². The van der Waals surface area contributed by atoms with Crippen LogP contribution in [0.2, 0.25) is 0 Å². The van der Waals surface area contributed by atoms with Crippen molar-refractivity contribution >= 4 is 11.5 Å². The van der Waals surface area contributed by atoms with Crippen molar-refractivity contribution in [2.75, 3.05) is 7.11 Å². The van der Waals surface area contributed by atoms with E-state index in [4.69, 9.17) is 0 Å². The fourth-order valence-corrected chi connectivity index (χ4v) is 2.52. The molecule has 2 aromatic carbocycles. The summed E-state index contributed by atoms with van der Waals surface area (Å²) in [5, 5.41) is 28.6. The zero-order valence-corrected chi connectivity index (χ0v) is 13.9. The van der Waals surface area contributed by atoms with Crippen LogP contribution in [-0.4, -0.2) is 23.3 Å². The van der Waals surface area contributed by atoms with Gasteiger partial charge in [-0.1, -0.05) is 24.3 Å². The van der Waals surface area contributed by atoms with Crippen molar-refractivity contribution in [3.8, 4) is 17.6 Å². The van der Waals surface area contributed by atoms with Crippen molar-refractivity contribution in [2.24, 2.45) is 0 Å². The largest absolute Gasteiger partial charge is 0.508 e. The molecule has 0 radical (unpaired) electrons. The second kappa shape index (κ2) is 8.55. The van der Waals surface area contributed by atoms with E-state index in [0.29, 0.717) is 24.0 Å². The number of hydrogen-bond acceptors (Lipinski definition) is 5. The fraction of sp³-hybridized carbons (Fsp3) is 0.200. The summed E-state index contributed by atoms with van der Waals surface area (Å²) in [6.45, 7) is 0. The Morgan fingerprint density at radius 2 is 1.44 bits per heavy atom. The second-order valence-electron chi connectivity index (χ2n) is 5.49. The van der Waals surface area contributed by atoms with Gasteiger partial charge in [0.15, 0.2) is 0 Å². The van der Waals surface area contributed by atoms with Gasteiger partial charge >= 0.3 is 5.97 Å². The minimum absolute atomic E-state index is 0.137. The number of carbonyl (C=O) groups excluding carboxylic acids is 1. The molecule has 0 aliphatic heterocycles. The van der Waals surface area contributed by atoms with Crippen molar-refractivity contribution in [1.82, 2.24) is 0 Å². The molecule has 0 unspecified atom stereocenters. The van der Waals surface area contributed by atoms with Gasteiger partial charge in [0.25, 0.3) is 0 Å². The monoisotopic (exact) mass is 337 g/mol. The zero-order valence-electron chi connectivity index (χ0n) is 13.9. The van der Waals surface area contributed by atoms with E-state index < -0.39 is 0 Å². The summed E-state index contributed by atoms with van der Waals surface area (Å²) < 4.78 is 4.63. The molecule has 0 saturated carbocycles. The van der Waals surface area contributed by atoms with E-state index in [1.54, 1.807) is 48.5 Å². The van der Waals surface area contributed by atoms with Crippen molar-refractivity contribution in [2.45, 2.75) is 19.3 Å². The summed E-state index contributed by atoms with van der Waals surface area (Å²) in [5.74, 6) is -0.0379. The van der Waals surface area contributed by atoms with Crippen molar-refractivity contribution in [1.29, 1.82) is 5.26 Å². The summed E-state index contributed by atoms with van der Waals surface area (Å²) in [4.78, 5) is 11.3. The van der Waals surface area contributed by atoms with E-state index >= 15 is 0 Å². The third-order valence-electron chi connectivity index (χ3n) is 3.78. The number of allylic oxidation sites excluding steroid dienone is 1. The molecule has 2 rings (SSSR count). The molecule has 0 saturated heterocycles. The molecular formula is C20H19NO4. The number of esters is 1. The number of nitrogens with zero attached hydrogens (tertiary/aromatic N) is 1. The molecular weight excluding hydrogens is 318 g/mol. The van der Waals surface area contributed by atoms with Crippen LogP contribution in [0, 0.1) is 11.3 Å². The average molecular weight is 337 g/mol. The highest BCUT2D eigenvalue weighted by Gasteiger charge is 2.13. The van der Waals surface area contributed by atoms with Gasteiger partial charge in [-0.3, -0.25) is 4.79 Å². The van der Waals surface area contributed by atoms with E-state index in [0.717, 1.165) is 11.1 Å². The number of ether oxygens (including phenoxy) is 1. The van der Waals surface area contributed by atoms with Gasteiger partial charge in [0, 0.05) is 17.6 Å². The molecule has 0 aromatic heterocycles. The molecule has 0 fully saturated rings. The number of carbonyl (C=O) groups is 1. The average Bonchev–Trinajstić information content (AvgIpc) is 2.63. The number of nitriles is 1. The Bertz CT molecular complexity index is 752. The predicted octanol–water partition coefficient (Wildman–Crippen LogP) is 3.77. The van der Waals surface area contributed by atoms with Gasteiger partial charge in [-0.15, -0.1) is 0 Å². The van der Waals surface area contributed by atoms with Crippen LogP contribution in [0.3, 0.4) is 0 Å². The third-order valence-corrected chi connectivity index (χ3v) is 3.78. The number of aromatic hydroxyl groups is 2. The molecule has 5 heteroatoms. The van der Waals surface area contributed by atoms with Gasteiger partial charge in [0.05, 0.1) is 13.2 Å². The molecule has 0 spiro atoms. The molecule has 0 bridgehead atoms. The Balaban J connectivity index is 2.44. The van der Waals surface area contributed by atoms with E-state index in [2.05, 4.69) is 10.8 Å². The number of phenols is 2. The van der Waals surface area contributed by atoms with Crippen LogP contribution >= 0.6 is 0 Å². The lowest BCUT2D eigenvalue weighted by Gasteiger charge is -2.12. The lowest BCUT2D eigenvalue weighted by Crippen LogP contribution is -2.00. The first kappa shape index (κ1) is 18.1. The second-order valence-corrected chi connectivity index (χ2v) is 5.49. The fourth-order valence-electron chi connectivity index (χ4n) is 2.52. The molecule has 2 N–H and O–H groups in total. The number of hydrogen-bond donors (Lipinski definition) is 2. The van der Waals surface area contributed by atoms with Gasteiger partial charge in [0.1, 0.15) is 11.5 Å². The van der Waals surface area contributed by atoms with Crippen molar-refractivity contribution in [3.05, 3.63) is 65.2 Å². The van der Waals surface area contributed by atoms with Crippen LogP contribution in [0.15, 0.2) is 54.1 Å². The quantitative estimate of drug-likeness (QED) is 0.618. The summed E-state index contributed by atoms with van der Waals surface area (Å²) >= 11 is 0. The lowest BCUT2D eigenvalue weighted by atomic mass is 9.91. The summed E-state index contributed by atoms with van der Waals surface area (Å²) in [5.41, 5.74) is 2.80. The Morgan fingerprint density at radius 3 is 1.84 bits per heavy atom. The van der Waals surface area contributed by atoms with E-state index in [1.807, 2.05) is 0 Å². The Kier molecular flexibility index (Phi) is 6.19. The van der Waals surface area contributed by atoms with Crippen LogP contribution < -0.4 is 0 Å². The molecule has 25 heavy (non-hydrogen) atoms. The van der Waals surface area contributed by atoms with Crippen LogP contribution in [0.1, 0.15) is 30.4 Å². The normalized spacial score (nSPS) is 9.92. The summed E-state index contributed by atoms with van der Waals surface area (Å²) in [7, 11) is 1.34. The molecule has 0 amide bonds. The maximum absolute atomic E-state index is 11.3. The number of rotatable bonds is 6. The standard InChI is InChI=1S/C20H19NO4/c1-25-19(24)4-2-3-16(13-21)20(14-5-9-17(22)10-6-14)15-7-11-18(23)12-8-15/h5-12,22-23H,2-4H2,1H3. The molecule has 2 aromatic rings. The van der Waals surface area contributed by atoms with Gasteiger partial charge in [-0.25, -0.2) is 0 Å². The topological polar surface area (TPSA) is 90.6 Å². The van der Waals surface area contributed by atoms with Crippen LogP contribution in [0.4, 0.5) is 0 Å². The zero-order chi connectivity index (χ0) is 18.2. The Labute approximate surface area is 146 Å². The molecule has 0 heterocycles. The molecule has 0 aliphatic carbocycles. The molecule has 5 nitrogen and oxygen atoms in total. The number of phenolic OH excluding ortho intramolecular Hbond substituents is 2. The van der Waals surface area contributed by atoms with Crippen molar-refractivity contribution < 1.29 is 19.7 Å². The summed E-state index contributed by atoms with van der Waals surface area (Å²) in [6, 6.07) is 15.4. The highest BCUT2D eigenvalue weighted by atomic mass is 16.5. The number of benzene rings is 2. The predicted molar refractivity (Wildman–Crippen MR) is 93.7 cm³/mol. The SMILES string of the molecule is COC(=O)CCCC(C#N)=C(c1ccc(O)cc1)c1ccc(O)cc1. The molecule has 128 valence electrons. The molecule has 0 aliphatic rings. The number of methoxy groups -OCH3 is 1. The van der Waals surface area contributed by atoms with Crippen LogP contribution in [0.5, 0.6) is 11.5 Å². The highest BCUT2D eigenvalue weighted by Crippen LogP contribution is 2.31. The van der Waals surface area contributed by atoms with Gasteiger partial charge in [-0.05, 0) is 48.2 Å². The Morgan fingerprint density at radius 1 is 0.960 bits per heavy atom. The van der Waals surface area contributed by atoms with Gasteiger partial charge in [0.2, 0.25) is 0 Å². The Hall–Kier alpha value is -3.26. The third kappa shape index (κ3) is 4.85. The first-order chi connectivity index (χ1) is 12.0. The van der Waals surface area contributed by atoms with Crippen LogP contribution in [0.25, 0.3) is 5.57 Å². The molecule has 0 atom stereocenters. The minimum Gasteiger partial charge on any atom is -0.508 e. The van der Waals surface area contributed by atoms with Gasteiger partial charge in [-0.2, -0.15) is 5.26 Å². The lowest BCUT2D eigenvalue weighted by molar-refractivity contribution is -0.140. The maximum atomic E-state index is 11.3. The maximum Gasteiger partial charge on any atom is 0.305 e. The highest BCUT2D eigenvalue weighted by molar-refractivity contribution is 5.84. The van der Waals surface area contributed by atoms with E-state index in [9.17, 15) is 20.3 Å². The van der Waals surface area contributed by atoms with Crippen molar-refractivity contribution in [3.63, 3.8) is 0 Å². The smallest absolute Gasteiger partial charge is 0.305 e. The first-order valence-electron chi connectivity index (χ1n) is 7.84. The van der Waals surface area contributed by atoms with E-state index in [1.165, 1.54) is 7.11 Å². The van der Waals surface area contributed by atoms with E-state index in [-0.39, 0.29) is 23.9 Å².